The maximum atomic E-state index is 14.1. The van der Waals surface area contributed by atoms with Crippen molar-refractivity contribution >= 4 is 92.4 Å². The van der Waals surface area contributed by atoms with E-state index in [4.69, 9.17) is 0 Å². The first-order chi connectivity index (χ1) is 35.7. The van der Waals surface area contributed by atoms with Gasteiger partial charge in [-0.2, -0.15) is 151 Å². The molecule has 0 fully saturated rings. The van der Waals surface area contributed by atoms with E-state index < -0.39 is 224 Å². The molecule has 0 unspecified atom stereocenters. The van der Waals surface area contributed by atoms with Gasteiger partial charge in [0.1, 0.15) is 17.2 Å². The summed E-state index contributed by atoms with van der Waals surface area (Å²) in [5.41, 5.74) is -54.3. The van der Waals surface area contributed by atoms with Crippen LogP contribution in [0.5, 0.6) is 57.5 Å². The molecule has 0 amide bonds. The molecule has 52 heteroatoms. The van der Waals surface area contributed by atoms with E-state index in [0.717, 1.165) is 0 Å². The fraction of sp³-hybridized carbons (Fsp3) is 0.310. The van der Waals surface area contributed by atoms with Crippen molar-refractivity contribution in [1.82, 2.24) is 0 Å². The van der Waals surface area contributed by atoms with Crippen molar-refractivity contribution in [2.45, 2.75) is 38.6 Å². The van der Waals surface area contributed by atoms with Crippen molar-refractivity contribution < 1.29 is 195 Å². The van der Waals surface area contributed by atoms with E-state index in [1.54, 1.807) is 0 Å². The van der Waals surface area contributed by atoms with Crippen molar-refractivity contribution in [1.29, 1.82) is 0 Å². The van der Waals surface area contributed by atoms with Gasteiger partial charge in [0.05, 0.1) is 25.0 Å². The minimum Gasteiger partial charge on any atom is -0.507 e. The molecule has 0 saturated carbocycles. The number of ether oxygens (including phenoxy) is 2. The summed E-state index contributed by atoms with van der Waals surface area (Å²) in [6.07, 6.45) is 0. The van der Waals surface area contributed by atoms with Crippen molar-refractivity contribution in [3.05, 3.63) is 24.3 Å². The van der Waals surface area contributed by atoms with E-state index in [9.17, 15) is 156 Å². The Balaban J connectivity index is 2.81. The number of alkyl halides is 21. The van der Waals surface area contributed by atoms with Crippen molar-refractivity contribution in [3.8, 4) is 68.6 Å². The third kappa shape index (κ3) is 12.8. The number of phenols is 1. The van der Waals surface area contributed by atoms with E-state index in [-0.39, 0.29) is 14.2 Å². The van der Waals surface area contributed by atoms with E-state index in [2.05, 4.69) is 38.8 Å². The summed E-state index contributed by atoms with van der Waals surface area (Å²) in [5, 5.41) is -0.0880. The zero-order valence-corrected chi connectivity index (χ0v) is 42.2. The van der Waals surface area contributed by atoms with Gasteiger partial charge in [-0.1, -0.05) is 0 Å². The molecule has 0 saturated heterocycles. The minimum atomic E-state index is -8.06. The molecule has 0 spiro atoms. The number of hydrogen-bond donors (Lipinski definition) is 1. The van der Waals surface area contributed by atoms with Crippen molar-refractivity contribution in [2.75, 3.05) is 14.2 Å². The topological polar surface area (TPSA) is 342 Å². The highest BCUT2D eigenvalue weighted by molar-refractivity contribution is 7.89. The van der Waals surface area contributed by atoms with E-state index in [1.165, 1.54) is 0 Å². The minimum absolute atomic E-state index is 0.00533. The Morgan fingerprint density at radius 3 is 0.741 bits per heavy atom. The second-order valence-corrected chi connectivity index (χ2v) is 24.5. The molecule has 0 atom stereocenters. The zero-order chi connectivity index (χ0) is 63.4. The van der Waals surface area contributed by atoms with Gasteiger partial charge >= 0.3 is 109 Å². The van der Waals surface area contributed by atoms with Gasteiger partial charge in [0.15, 0.2) is 40.2 Å². The fourth-order valence-corrected chi connectivity index (χ4v) is 8.69. The van der Waals surface area contributed by atoms with Gasteiger partial charge in [0.25, 0.3) is 0 Å². The number of phenolic OH excluding ortho intramolecular Hbond substituents is 1. The number of benzene rings is 4. The third-order valence-electron chi connectivity index (χ3n) is 8.50. The van der Waals surface area contributed by atoms with Crippen LogP contribution in [0.4, 0.5) is 92.2 Å². The molecule has 460 valence electrons. The molecule has 24 nitrogen and oxygen atoms in total. The van der Waals surface area contributed by atoms with Crippen LogP contribution in [-0.2, 0) is 70.8 Å². The average Bonchev–Trinajstić information content (AvgIpc) is 3.22. The summed E-state index contributed by atoms with van der Waals surface area (Å²) in [6.45, 7) is 0. The highest BCUT2D eigenvalue weighted by Crippen LogP contribution is 2.61. The number of halogens is 21. The second-order valence-electron chi connectivity index (χ2n) is 13.7. The van der Waals surface area contributed by atoms with Crippen LogP contribution in [0.25, 0.3) is 32.7 Å². The van der Waals surface area contributed by atoms with Crippen LogP contribution in [0.15, 0.2) is 24.3 Å². The molecular formula is C29H11F21O24S7. The fourth-order valence-electron chi connectivity index (χ4n) is 5.43. The van der Waals surface area contributed by atoms with Gasteiger partial charge in [-0.05, 0) is 0 Å². The maximum Gasteiger partial charge on any atom is 0.534 e. The lowest BCUT2D eigenvalue weighted by atomic mass is 9.89. The molecule has 4 rings (SSSR count). The summed E-state index contributed by atoms with van der Waals surface area (Å²) in [7, 11) is -55.1. The molecule has 0 aliphatic heterocycles. The maximum absolute atomic E-state index is 14.1. The molecule has 0 aromatic heterocycles. The Kier molecular flexibility index (Phi) is 16.7. The summed E-state index contributed by atoms with van der Waals surface area (Å²) in [6, 6.07) is -4.03. The smallest absolute Gasteiger partial charge is 0.507 e. The van der Waals surface area contributed by atoms with Gasteiger partial charge in [0.2, 0.25) is 0 Å². The highest BCUT2D eigenvalue weighted by atomic mass is 32.2. The molecule has 0 heterocycles. The van der Waals surface area contributed by atoms with Gasteiger partial charge in [-0.25, -0.2) is 0 Å². The molecule has 1 N–H and O–H groups in total. The molecule has 0 aliphatic rings. The standard InChI is InChI=1S/C29H11F21O24S7/c1-66-8-4-11(69-76(54,55)24(33,34)35)19-15(7(51)3-13(71-78(58,59)26(39,40)41)21(19)73-80(62,63)28(45,46)47)16(8)17-9(67-2)5-12(70-77(56,57)25(36,37)38)20-18(17)10(68-75(52,53)23(30,31)32)6-14(72-79(60,61)27(42,43)44)22(20)74-81(64,65)29(48,49)50/h3-6,51H,1-2H3. The summed E-state index contributed by atoms with van der Waals surface area (Å²) in [5.74, 6) is -28.9. The molecule has 4 aromatic carbocycles. The largest absolute Gasteiger partial charge is 0.534 e. The van der Waals surface area contributed by atoms with Crippen LogP contribution >= 0.6 is 0 Å². The first-order valence-corrected chi connectivity index (χ1v) is 27.7. The Morgan fingerprint density at radius 1 is 0.284 bits per heavy atom. The van der Waals surface area contributed by atoms with Gasteiger partial charge in [-0.15, -0.1) is 0 Å². The molecule has 4 aromatic rings. The number of fused-ring (bicyclic) bond motifs is 2. The van der Waals surface area contributed by atoms with Crippen molar-refractivity contribution in [3.63, 3.8) is 0 Å². The number of methoxy groups -OCH3 is 2. The quantitative estimate of drug-likeness (QED) is 0.0632. The lowest BCUT2D eigenvalue weighted by Gasteiger charge is -2.25. The van der Waals surface area contributed by atoms with Gasteiger partial charge < -0.3 is 43.9 Å². The first kappa shape index (κ1) is 67.1. The van der Waals surface area contributed by atoms with Crippen LogP contribution in [0.3, 0.4) is 0 Å². The lowest BCUT2D eigenvalue weighted by Crippen LogP contribution is -2.31. The van der Waals surface area contributed by atoms with Crippen LogP contribution in [0.2, 0.25) is 0 Å². The number of hydrogen-bond acceptors (Lipinski definition) is 24. The SMILES string of the molecule is COc1cc(OS(=O)(=O)C(F)(F)F)c2c(OS(=O)(=O)C(F)(F)F)c(OS(=O)(=O)C(F)(F)F)cc(O)c2c1-c1c(OC)cc(OS(=O)(=O)C(F)(F)F)c2c(OS(=O)(=O)C(F)(F)F)c(OS(=O)(=O)C(F)(F)F)cc(OS(=O)(=O)C(F)(F)F)c12. The Morgan fingerprint density at radius 2 is 0.481 bits per heavy atom. The van der Waals surface area contributed by atoms with Gasteiger partial charge in [-0.3, -0.25) is 0 Å². The summed E-state index contributed by atoms with van der Waals surface area (Å²) < 4.78 is 500. The molecule has 0 aliphatic carbocycles. The zero-order valence-electron chi connectivity index (χ0n) is 36.4. The van der Waals surface area contributed by atoms with E-state index in [0.29, 0.717) is 0 Å². The first-order valence-electron chi connectivity index (χ1n) is 17.8. The van der Waals surface area contributed by atoms with E-state index >= 15 is 0 Å². The molecule has 0 radical (unpaired) electrons. The van der Waals surface area contributed by atoms with Crippen LogP contribution in [0.1, 0.15) is 0 Å². The van der Waals surface area contributed by atoms with Crippen LogP contribution in [-0.4, -0.2) is 117 Å². The van der Waals surface area contributed by atoms with Crippen LogP contribution < -0.4 is 38.8 Å². The normalized spacial score (nSPS) is 14.4. The monoisotopic (exact) mass is 1370 g/mol. The number of aromatic hydroxyl groups is 1. The van der Waals surface area contributed by atoms with Gasteiger partial charge in [0, 0.05) is 46.2 Å². The van der Waals surface area contributed by atoms with E-state index in [1.807, 2.05) is 0 Å². The highest BCUT2D eigenvalue weighted by Gasteiger charge is 2.56. The molecule has 0 bridgehead atoms. The average molecular weight is 1370 g/mol. The number of rotatable bonds is 17. The summed E-state index contributed by atoms with van der Waals surface area (Å²) in [4.78, 5) is 0. The summed E-state index contributed by atoms with van der Waals surface area (Å²) >= 11 is 0. The Bertz CT molecular complexity index is 4050. The molecule has 81 heavy (non-hydrogen) atoms. The predicted octanol–water partition coefficient (Wildman–Crippen LogP) is 6.98. The second kappa shape index (κ2) is 20.2. The predicted molar refractivity (Wildman–Crippen MR) is 211 cm³/mol. The van der Waals surface area contributed by atoms with Crippen LogP contribution in [0, 0.1) is 0 Å². The lowest BCUT2D eigenvalue weighted by molar-refractivity contribution is -0.0513. The van der Waals surface area contributed by atoms with Crippen molar-refractivity contribution in [2.24, 2.45) is 0 Å². The third-order valence-corrected chi connectivity index (χ3v) is 15.2. The molecular weight excluding hydrogens is 1360 g/mol. The Labute approximate surface area is 431 Å². The Hall–Kier alpha value is -6.42.